The Hall–Kier alpha value is -3.78. The third kappa shape index (κ3) is 9.41. The zero-order valence-electron chi connectivity index (χ0n) is 30.8. The molecule has 0 fully saturated rings. The van der Waals surface area contributed by atoms with Gasteiger partial charge in [0.15, 0.2) is 0 Å². The molecule has 8 rings (SSSR count). The van der Waals surface area contributed by atoms with E-state index in [-0.39, 0.29) is 0 Å². The molecule has 0 aliphatic heterocycles. The van der Waals surface area contributed by atoms with Crippen molar-refractivity contribution in [2.75, 3.05) is 0 Å². The third-order valence-corrected chi connectivity index (χ3v) is 9.07. The topological polar surface area (TPSA) is 0 Å². The van der Waals surface area contributed by atoms with Crippen LogP contribution in [0.1, 0.15) is 22.3 Å². The molecule has 0 amide bonds. The molecule has 2 radical (unpaired) electrons. The van der Waals surface area contributed by atoms with E-state index in [1.54, 1.807) is 0 Å². The second kappa shape index (κ2) is 19.3. The molecule has 0 aromatic heterocycles. The summed E-state index contributed by atoms with van der Waals surface area (Å²) in [6, 6.07) is 56.9. The molecule has 0 heterocycles. The summed E-state index contributed by atoms with van der Waals surface area (Å²) in [5.41, 5.74) is 15.8. The van der Waals surface area contributed by atoms with Gasteiger partial charge in [-0.15, -0.1) is 56.9 Å². The molecule has 0 nitrogen and oxygen atoms in total. The van der Waals surface area contributed by atoms with Crippen LogP contribution >= 0.6 is 17.0 Å². The summed E-state index contributed by atoms with van der Waals surface area (Å²) in [7, 11) is 11.0. The summed E-state index contributed by atoms with van der Waals surface area (Å²) in [6.07, 6.45) is 0. The first-order chi connectivity index (χ1) is 25.3. The normalized spacial score (nSPS) is 10.3. The Kier molecular flexibility index (Phi) is 14.7. The van der Waals surface area contributed by atoms with Crippen LogP contribution in [0.2, 0.25) is 13.1 Å². The van der Waals surface area contributed by atoms with E-state index in [9.17, 15) is 0 Å². The number of rotatable bonds is 4. The van der Waals surface area contributed by atoms with Crippen LogP contribution in [0.25, 0.3) is 66.1 Å². The average Bonchev–Trinajstić information content (AvgIpc) is 3.74. The number of fused-ring (bicyclic) bond motifs is 2. The van der Waals surface area contributed by atoms with Crippen LogP contribution in [0.3, 0.4) is 0 Å². The fourth-order valence-corrected chi connectivity index (χ4v) is 6.87. The second-order valence-corrected chi connectivity index (χ2v) is 17.7. The van der Waals surface area contributed by atoms with Crippen molar-refractivity contribution in [1.29, 1.82) is 0 Å². The summed E-state index contributed by atoms with van der Waals surface area (Å²) >= 11 is -0.826. The SMILES string of the molecule is C[Si]C.Cc1cc2c(-c3ccccc3C)c(-c3ccccc3)ccc2[cH-]1.Cc1cc2c(-c3ccccc3C)c(-c3ccccc3)ccc2[cH-]1.[Cl][Zr+2][Cl]. The van der Waals surface area contributed by atoms with Crippen molar-refractivity contribution in [1.82, 2.24) is 0 Å². The molecular formula is C48H44Cl2SiZr. The summed E-state index contributed by atoms with van der Waals surface area (Å²) in [5.74, 6) is 0. The molecule has 0 atom stereocenters. The molecule has 0 bridgehead atoms. The van der Waals surface area contributed by atoms with E-state index in [4.69, 9.17) is 17.0 Å². The molecule has 0 saturated heterocycles. The van der Waals surface area contributed by atoms with Crippen LogP contribution in [0.4, 0.5) is 0 Å². The number of halogens is 2. The fraction of sp³-hybridized carbons (Fsp3) is 0.125. The zero-order chi connectivity index (χ0) is 37.0. The first-order valence-corrected chi connectivity index (χ1v) is 25.8. The molecule has 0 spiro atoms. The van der Waals surface area contributed by atoms with E-state index in [2.05, 4.69) is 199 Å². The molecule has 258 valence electrons. The van der Waals surface area contributed by atoms with Gasteiger partial charge in [-0.1, -0.05) is 159 Å². The Labute approximate surface area is 331 Å². The summed E-state index contributed by atoms with van der Waals surface area (Å²) in [6.45, 7) is 13.0. The first kappa shape index (κ1) is 39.4. The third-order valence-electron chi connectivity index (χ3n) is 9.07. The van der Waals surface area contributed by atoms with Gasteiger partial charge >= 0.3 is 37.9 Å². The predicted octanol–water partition coefficient (Wildman–Crippen LogP) is 15.2. The van der Waals surface area contributed by atoms with Crippen LogP contribution in [0.15, 0.2) is 158 Å². The van der Waals surface area contributed by atoms with Crippen molar-refractivity contribution in [2.45, 2.75) is 40.8 Å². The van der Waals surface area contributed by atoms with Gasteiger partial charge in [0.2, 0.25) is 0 Å². The number of aryl methyl sites for hydroxylation is 4. The van der Waals surface area contributed by atoms with Crippen molar-refractivity contribution in [2.24, 2.45) is 0 Å². The molecule has 0 unspecified atom stereocenters. The molecule has 8 aromatic carbocycles. The summed E-state index contributed by atoms with van der Waals surface area (Å²) in [5, 5.41) is 5.33. The van der Waals surface area contributed by atoms with Crippen molar-refractivity contribution in [3.05, 3.63) is 180 Å². The van der Waals surface area contributed by atoms with Gasteiger partial charge in [-0.2, -0.15) is 12.1 Å². The monoisotopic (exact) mass is 808 g/mol. The molecule has 0 saturated carbocycles. The quantitative estimate of drug-likeness (QED) is 0.123. The molecule has 0 N–H and O–H groups in total. The van der Waals surface area contributed by atoms with Gasteiger partial charge in [0, 0.05) is 9.52 Å². The number of hydrogen-bond donors (Lipinski definition) is 0. The fourth-order valence-electron chi connectivity index (χ4n) is 6.87. The van der Waals surface area contributed by atoms with Gasteiger partial charge in [0.1, 0.15) is 0 Å². The van der Waals surface area contributed by atoms with Crippen molar-refractivity contribution >= 4 is 48.1 Å². The van der Waals surface area contributed by atoms with E-state index in [0.29, 0.717) is 0 Å². The Morgan fingerprint density at radius 2 is 0.769 bits per heavy atom. The van der Waals surface area contributed by atoms with Crippen LogP contribution in [-0.2, 0) is 20.8 Å². The molecule has 8 aromatic rings. The Bertz CT molecular complexity index is 2170. The van der Waals surface area contributed by atoms with Gasteiger partial charge in [-0.05, 0) is 58.4 Å². The Morgan fingerprint density at radius 3 is 1.12 bits per heavy atom. The van der Waals surface area contributed by atoms with E-state index in [0.717, 1.165) is 9.52 Å². The van der Waals surface area contributed by atoms with Crippen molar-refractivity contribution < 1.29 is 20.8 Å². The molecule has 52 heavy (non-hydrogen) atoms. The van der Waals surface area contributed by atoms with Gasteiger partial charge < -0.3 is 0 Å². The molecular weight excluding hydrogens is 767 g/mol. The maximum absolute atomic E-state index is 4.93. The van der Waals surface area contributed by atoms with Crippen molar-refractivity contribution in [3.8, 4) is 44.5 Å². The van der Waals surface area contributed by atoms with Crippen LogP contribution in [0.5, 0.6) is 0 Å². The second-order valence-electron chi connectivity index (χ2n) is 13.0. The summed E-state index contributed by atoms with van der Waals surface area (Å²) < 4.78 is 0. The standard InChI is InChI=1S/2C23H19.C2H6Si.2ClH.Zr/c2*1-16-14-19-12-13-21(18-9-4-3-5-10-18)23(22(19)15-16)20-11-7-6-8-17(20)2;1-3-2;;;/h2*3-15H,1-2H3;1-2H3;2*1H;/q2*-1;;;;+4/p-2. The Morgan fingerprint density at radius 1 is 0.442 bits per heavy atom. The first-order valence-electron chi connectivity index (χ1n) is 17.5. The average molecular weight is 811 g/mol. The number of hydrogen-bond acceptors (Lipinski definition) is 0. The van der Waals surface area contributed by atoms with E-state index in [1.807, 2.05) is 0 Å². The molecule has 4 heteroatoms. The summed E-state index contributed by atoms with van der Waals surface area (Å²) in [4.78, 5) is 0. The van der Waals surface area contributed by atoms with E-state index in [1.165, 1.54) is 88.3 Å². The zero-order valence-corrected chi connectivity index (χ0v) is 35.7. The minimum absolute atomic E-state index is 0.826. The number of benzene rings is 6. The van der Waals surface area contributed by atoms with Crippen LogP contribution < -0.4 is 0 Å². The maximum atomic E-state index is 4.93. The van der Waals surface area contributed by atoms with Gasteiger partial charge in [0.25, 0.3) is 0 Å². The van der Waals surface area contributed by atoms with E-state index >= 15 is 0 Å². The molecule has 0 aliphatic carbocycles. The van der Waals surface area contributed by atoms with Crippen LogP contribution in [0, 0.1) is 27.7 Å². The Balaban J connectivity index is 0.000000175. The van der Waals surface area contributed by atoms with E-state index < -0.39 is 20.8 Å². The predicted molar refractivity (Wildman–Crippen MR) is 229 cm³/mol. The van der Waals surface area contributed by atoms with Gasteiger partial charge in [-0.3, -0.25) is 0 Å². The van der Waals surface area contributed by atoms with Crippen LogP contribution in [-0.4, -0.2) is 9.52 Å². The van der Waals surface area contributed by atoms with Gasteiger partial charge in [-0.25, -0.2) is 0 Å². The van der Waals surface area contributed by atoms with Gasteiger partial charge in [0.05, 0.1) is 0 Å². The van der Waals surface area contributed by atoms with Crippen molar-refractivity contribution in [3.63, 3.8) is 0 Å². The molecule has 0 aliphatic rings. The minimum atomic E-state index is -0.826.